The molecular formula is C10H22N4S. The van der Waals surface area contributed by atoms with Gasteiger partial charge >= 0.3 is 0 Å². The lowest BCUT2D eigenvalue weighted by Crippen LogP contribution is -2.05. The summed E-state index contributed by atoms with van der Waals surface area (Å²) in [6.45, 7) is 4.29. The lowest BCUT2D eigenvalue weighted by atomic mass is 10.3. The zero-order valence-electron chi connectivity index (χ0n) is 9.70. The molecule has 0 spiro atoms. The minimum atomic E-state index is 0.919. The van der Waals surface area contributed by atoms with E-state index in [0.717, 1.165) is 48.6 Å². The van der Waals surface area contributed by atoms with Crippen molar-refractivity contribution in [2.75, 3.05) is 0 Å². The van der Waals surface area contributed by atoms with Gasteiger partial charge in [-0.25, -0.2) is 0 Å². The van der Waals surface area contributed by atoms with Gasteiger partial charge in [-0.05, 0) is 25.7 Å². The fourth-order valence-electron chi connectivity index (χ4n) is 1.08. The molecule has 5 heteroatoms. The number of hydrogen-bond acceptors (Lipinski definition) is 5. The van der Waals surface area contributed by atoms with Crippen LogP contribution in [0.15, 0.2) is 10.2 Å². The number of nitrogens with two attached hydrogens (primary N) is 2. The van der Waals surface area contributed by atoms with Gasteiger partial charge in [-0.2, -0.15) is 10.2 Å². The second-order valence-corrected chi connectivity index (χ2v) is 4.50. The van der Waals surface area contributed by atoms with E-state index in [1.165, 1.54) is 11.8 Å². The highest BCUT2D eigenvalue weighted by atomic mass is 32.2. The molecule has 0 saturated carbocycles. The van der Waals surface area contributed by atoms with E-state index in [1.807, 2.05) is 0 Å². The molecule has 0 bridgehead atoms. The summed E-state index contributed by atoms with van der Waals surface area (Å²) in [5.41, 5.74) is 0. The molecule has 0 aromatic rings. The Morgan fingerprint density at radius 2 is 1.33 bits per heavy atom. The minimum absolute atomic E-state index is 0.919. The first-order valence-electron chi connectivity index (χ1n) is 5.49. The number of hydrazone groups is 2. The second-order valence-electron chi connectivity index (χ2n) is 3.35. The van der Waals surface area contributed by atoms with Gasteiger partial charge in [-0.1, -0.05) is 38.5 Å². The molecule has 0 unspecified atom stereocenters. The molecule has 0 aliphatic carbocycles. The maximum Gasteiger partial charge on any atom is 0.0988 e. The van der Waals surface area contributed by atoms with Gasteiger partial charge < -0.3 is 11.7 Å². The predicted molar refractivity (Wildman–Crippen MR) is 69.9 cm³/mol. The molecule has 4 N–H and O–H groups in total. The van der Waals surface area contributed by atoms with Crippen molar-refractivity contribution >= 4 is 21.8 Å². The minimum Gasteiger partial charge on any atom is -0.323 e. The van der Waals surface area contributed by atoms with Crippen LogP contribution in [0.1, 0.15) is 52.4 Å². The monoisotopic (exact) mass is 230 g/mol. The molecule has 0 aromatic carbocycles. The van der Waals surface area contributed by atoms with Crippen LogP contribution in [-0.4, -0.2) is 10.1 Å². The molecule has 0 radical (unpaired) electrons. The van der Waals surface area contributed by atoms with E-state index in [4.69, 9.17) is 11.7 Å². The Bertz CT molecular complexity index is 191. The van der Waals surface area contributed by atoms with E-state index in [-0.39, 0.29) is 0 Å². The zero-order chi connectivity index (χ0) is 11.5. The second kappa shape index (κ2) is 9.83. The molecule has 0 heterocycles. The lowest BCUT2D eigenvalue weighted by molar-refractivity contribution is 0.836. The van der Waals surface area contributed by atoms with Crippen LogP contribution >= 0.6 is 11.8 Å². The number of hydrogen-bond donors (Lipinski definition) is 2. The van der Waals surface area contributed by atoms with Crippen LogP contribution < -0.4 is 11.7 Å². The highest BCUT2D eigenvalue weighted by molar-refractivity contribution is 8.26. The molecule has 0 aromatic heterocycles. The summed E-state index contributed by atoms with van der Waals surface area (Å²) in [6.07, 6.45) is 6.34. The number of unbranched alkanes of at least 4 members (excludes halogenated alkanes) is 2. The predicted octanol–water partition coefficient (Wildman–Crippen LogP) is 2.64. The largest absolute Gasteiger partial charge is 0.323 e. The average Bonchev–Trinajstić information content (AvgIpc) is 2.28. The lowest BCUT2D eigenvalue weighted by Gasteiger charge is -2.05. The molecule has 0 aliphatic rings. The standard InChI is InChI=1S/C10H22N4S/c1-3-5-7-9(13-11)15-10(14-12)8-6-4-2/h3-8,11-12H2,1-2H3/b13-9-,14-10-. The molecule has 0 saturated heterocycles. The van der Waals surface area contributed by atoms with E-state index >= 15 is 0 Å². The topological polar surface area (TPSA) is 76.8 Å². The van der Waals surface area contributed by atoms with E-state index in [1.54, 1.807) is 0 Å². The van der Waals surface area contributed by atoms with Gasteiger partial charge in [0.05, 0.1) is 10.1 Å². The Morgan fingerprint density at radius 3 is 1.60 bits per heavy atom. The van der Waals surface area contributed by atoms with Crippen LogP contribution in [0.3, 0.4) is 0 Å². The third-order valence-corrected chi connectivity index (χ3v) is 3.10. The smallest absolute Gasteiger partial charge is 0.0988 e. The molecule has 0 aliphatic heterocycles. The van der Waals surface area contributed by atoms with Crippen molar-refractivity contribution < 1.29 is 0 Å². The molecule has 4 nitrogen and oxygen atoms in total. The van der Waals surface area contributed by atoms with Gasteiger partial charge in [0.1, 0.15) is 0 Å². The Labute approximate surface area is 96.6 Å². The molecular weight excluding hydrogens is 208 g/mol. The summed E-state index contributed by atoms with van der Waals surface area (Å²) in [5.74, 6) is 10.6. The van der Waals surface area contributed by atoms with Crippen LogP contribution in [0.5, 0.6) is 0 Å². The Kier molecular flexibility index (Phi) is 9.36. The van der Waals surface area contributed by atoms with Crippen LogP contribution in [0.4, 0.5) is 0 Å². The molecule has 0 amide bonds. The third kappa shape index (κ3) is 7.25. The van der Waals surface area contributed by atoms with Crippen LogP contribution in [0.2, 0.25) is 0 Å². The van der Waals surface area contributed by atoms with Gasteiger partial charge in [0.15, 0.2) is 0 Å². The maximum atomic E-state index is 5.32. The van der Waals surface area contributed by atoms with Crippen molar-refractivity contribution in [1.82, 2.24) is 0 Å². The van der Waals surface area contributed by atoms with Gasteiger partial charge in [-0.15, -0.1) is 0 Å². The molecule has 88 valence electrons. The Balaban J connectivity index is 4.02. The number of nitrogens with zero attached hydrogens (tertiary/aromatic N) is 2. The molecule has 0 rings (SSSR count). The summed E-state index contributed by atoms with van der Waals surface area (Å²) < 4.78 is 0. The van der Waals surface area contributed by atoms with Gasteiger partial charge in [-0.3, -0.25) is 0 Å². The Hall–Kier alpha value is -0.710. The van der Waals surface area contributed by atoms with Crippen molar-refractivity contribution in [2.24, 2.45) is 21.9 Å². The van der Waals surface area contributed by atoms with Crippen LogP contribution in [-0.2, 0) is 0 Å². The van der Waals surface area contributed by atoms with Gasteiger partial charge in [0.2, 0.25) is 0 Å². The quantitative estimate of drug-likeness (QED) is 0.319. The Morgan fingerprint density at radius 1 is 0.933 bits per heavy atom. The van der Waals surface area contributed by atoms with Crippen LogP contribution in [0.25, 0.3) is 0 Å². The molecule has 0 atom stereocenters. The maximum absolute atomic E-state index is 5.32. The summed E-state index contributed by atoms with van der Waals surface area (Å²) in [6, 6.07) is 0. The van der Waals surface area contributed by atoms with Gasteiger partial charge in [0.25, 0.3) is 0 Å². The van der Waals surface area contributed by atoms with Crippen molar-refractivity contribution in [3.05, 3.63) is 0 Å². The third-order valence-electron chi connectivity index (χ3n) is 2.01. The summed E-state index contributed by atoms with van der Waals surface area (Å²) in [7, 11) is 0. The summed E-state index contributed by atoms with van der Waals surface area (Å²) in [4.78, 5) is 0. The van der Waals surface area contributed by atoms with Gasteiger partial charge in [0, 0.05) is 0 Å². The summed E-state index contributed by atoms with van der Waals surface area (Å²) >= 11 is 1.52. The summed E-state index contributed by atoms with van der Waals surface area (Å²) in [5, 5.41) is 9.39. The van der Waals surface area contributed by atoms with Crippen molar-refractivity contribution in [1.29, 1.82) is 0 Å². The van der Waals surface area contributed by atoms with Crippen molar-refractivity contribution in [3.63, 3.8) is 0 Å². The van der Waals surface area contributed by atoms with Crippen molar-refractivity contribution in [2.45, 2.75) is 52.4 Å². The SMILES string of the molecule is CCCC/C(=N/N)S/C(CCCC)=N\N. The first kappa shape index (κ1) is 14.3. The van der Waals surface area contributed by atoms with Crippen molar-refractivity contribution in [3.8, 4) is 0 Å². The molecule has 15 heavy (non-hydrogen) atoms. The molecule has 0 fully saturated rings. The average molecular weight is 230 g/mol. The highest BCUT2D eigenvalue weighted by Gasteiger charge is 2.06. The van der Waals surface area contributed by atoms with Crippen LogP contribution in [0, 0.1) is 0 Å². The highest BCUT2D eigenvalue weighted by Crippen LogP contribution is 2.16. The first-order valence-corrected chi connectivity index (χ1v) is 6.31. The van der Waals surface area contributed by atoms with E-state index in [9.17, 15) is 0 Å². The first-order chi connectivity index (χ1) is 7.28. The normalized spacial score (nSPS) is 13.2. The fraction of sp³-hybridized carbons (Fsp3) is 0.800. The van der Waals surface area contributed by atoms with E-state index in [0.29, 0.717) is 0 Å². The van der Waals surface area contributed by atoms with E-state index in [2.05, 4.69) is 24.1 Å². The number of rotatable bonds is 6. The van der Waals surface area contributed by atoms with E-state index < -0.39 is 0 Å². The fourth-order valence-corrected chi connectivity index (χ4v) is 1.95. The number of thioether (sulfide) groups is 1. The zero-order valence-corrected chi connectivity index (χ0v) is 10.5.